The van der Waals surface area contributed by atoms with Crippen molar-refractivity contribution in [3.63, 3.8) is 0 Å². The predicted molar refractivity (Wildman–Crippen MR) is 150 cm³/mol. The molecular formula is C30H23N5OS. The van der Waals surface area contributed by atoms with E-state index in [1.807, 2.05) is 109 Å². The lowest BCUT2D eigenvalue weighted by Gasteiger charge is -2.10. The summed E-state index contributed by atoms with van der Waals surface area (Å²) in [5.41, 5.74) is 4.56. The third kappa shape index (κ3) is 4.57. The molecule has 1 N–H and O–H groups in total. The predicted octanol–water partition coefficient (Wildman–Crippen LogP) is 6.58. The number of benzene rings is 4. The SMILES string of the molecule is Cn1c(SCC(=O)Nc2cccc3ccccc23)nnc1-c1cc(-c2ccccc2)nc2ccccc12. The van der Waals surface area contributed by atoms with Gasteiger partial charge >= 0.3 is 0 Å². The van der Waals surface area contributed by atoms with Gasteiger partial charge in [0.1, 0.15) is 0 Å². The molecule has 0 saturated heterocycles. The van der Waals surface area contributed by atoms with Crippen molar-refractivity contribution in [2.24, 2.45) is 7.05 Å². The highest BCUT2D eigenvalue weighted by Gasteiger charge is 2.17. The minimum atomic E-state index is -0.0911. The number of fused-ring (bicyclic) bond motifs is 2. The molecule has 0 aliphatic heterocycles. The number of anilines is 1. The van der Waals surface area contributed by atoms with E-state index in [4.69, 9.17) is 4.98 Å². The summed E-state index contributed by atoms with van der Waals surface area (Å²) in [4.78, 5) is 17.7. The molecular weight excluding hydrogens is 478 g/mol. The fraction of sp³-hybridized carbons (Fsp3) is 0.0667. The van der Waals surface area contributed by atoms with Gasteiger partial charge in [-0.15, -0.1) is 10.2 Å². The van der Waals surface area contributed by atoms with Crippen LogP contribution in [0.15, 0.2) is 108 Å². The molecule has 0 atom stereocenters. The molecule has 2 heterocycles. The molecule has 0 unspecified atom stereocenters. The Kier molecular flexibility index (Phi) is 6.12. The number of rotatable bonds is 6. The Morgan fingerprint density at radius 3 is 2.43 bits per heavy atom. The summed E-state index contributed by atoms with van der Waals surface area (Å²) in [5, 5.41) is 15.7. The van der Waals surface area contributed by atoms with Crippen molar-refractivity contribution in [2.75, 3.05) is 11.1 Å². The first-order valence-corrected chi connectivity index (χ1v) is 12.9. The van der Waals surface area contributed by atoms with Crippen LogP contribution in [0.25, 0.3) is 44.3 Å². The number of hydrogen-bond acceptors (Lipinski definition) is 5. The lowest BCUT2D eigenvalue weighted by atomic mass is 10.0. The van der Waals surface area contributed by atoms with Crippen LogP contribution in [0.2, 0.25) is 0 Å². The van der Waals surface area contributed by atoms with Gasteiger partial charge in [0.05, 0.1) is 17.0 Å². The Labute approximate surface area is 218 Å². The maximum Gasteiger partial charge on any atom is 0.234 e. The summed E-state index contributed by atoms with van der Waals surface area (Å²) < 4.78 is 1.94. The first kappa shape index (κ1) is 22.9. The Morgan fingerprint density at radius 1 is 0.838 bits per heavy atom. The quantitative estimate of drug-likeness (QED) is 0.261. The highest BCUT2D eigenvalue weighted by Crippen LogP contribution is 2.32. The normalized spacial score (nSPS) is 11.2. The molecule has 6 nitrogen and oxygen atoms in total. The number of para-hydroxylation sites is 1. The number of pyridine rings is 1. The monoisotopic (exact) mass is 501 g/mol. The number of nitrogens with zero attached hydrogens (tertiary/aromatic N) is 4. The second-order valence-corrected chi connectivity index (χ2v) is 9.61. The van der Waals surface area contributed by atoms with E-state index < -0.39 is 0 Å². The van der Waals surface area contributed by atoms with Crippen molar-refractivity contribution in [3.05, 3.63) is 103 Å². The molecule has 0 saturated carbocycles. The van der Waals surface area contributed by atoms with Gasteiger partial charge < -0.3 is 9.88 Å². The van der Waals surface area contributed by atoms with Gasteiger partial charge in [0.2, 0.25) is 5.91 Å². The van der Waals surface area contributed by atoms with Crippen LogP contribution in [0.3, 0.4) is 0 Å². The zero-order valence-electron chi connectivity index (χ0n) is 20.1. The number of carbonyl (C=O) groups is 1. The van der Waals surface area contributed by atoms with E-state index in [1.165, 1.54) is 11.8 Å². The van der Waals surface area contributed by atoms with Crippen LogP contribution in [-0.2, 0) is 11.8 Å². The zero-order valence-corrected chi connectivity index (χ0v) is 20.9. The topological polar surface area (TPSA) is 72.7 Å². The lowest BCUT2D eigenvalue weighted by molar-refractivity contribution is -0.113. The van der Waals surface area contributed by atoms with Gasteiger partial charge in [0, 0.05) is 34.6 Å². The third-order valence-electron chi connectivity index (χ3n) is 6.26. The van der Waals surface area contributed by atoms with Crippen molar-refractivity contribution in [1.29, 1.82) is 0 Å². The van der Waals surface area contributed by atoms with Crippen LogP contribution < -0.4 is 5.32 Å². The fourth-order valence-corrected chi connectivity index (χ4v) is 5.15. The molecule has 37 heavy (non-hydrogen) atoms. The highest BCUT2D eigenvalue weighted by molar-refractivity contribution is 7.99. The van der Waals surface area contributed by atoms with Gasteiger partial charge in [-0.3, -0.25) is 4.79 Å². The molecule has 0 aliphatic rings. The number of hydrogen-bond donors (Lipinski definition) is 1. The van der Waals surface area contributed by atoms with E-state index in [9.17, 15) is 4.79 Å². The maximum absolute atomic E-state index is 12.8. The van der Waals surface area contributed by atoms with Crippen LogP contribution in [0.5, 0.6) is 0 Å². The van der Waals surface area contributed by atoms with Crippen LogP contribution >= 0.6 is 11.8 Å². The number of carbonyl (C=O) groups excluding carboxylic acids is 1. The molecule has 7 heteroatoms. The van der Waals surface area contributed by atoms with Gasteiger partial charge in [-0.1, -0.05) is 96.7 Å². The Morgan fingerprint density at radius 2 is 1.57 bits per heavy atom. The molecule has 6 aromatic rings. The average molecular weight is 502 g/mol. The van der Waals surface area contributed by atoms with Crippen LogP contribution in [0, 0.1) is 0 Å². The molecule has 4 aromatic carbocycles. The van der Waals surface area contributed by atoms with E-state index in [1.54, 1.807) is 0 Å². The van der Waals surface area contributed by atoms with Gasteiger partial charge in [0.25, 0.3) is 0 Å². The molecule has 1 amide bonds. The Balaban J connectivity index is 1.27. The van der Waals surface area contributed by atoms with Crippen LogP contribution in [-0.4, -0.2) is 31.4 Å². The summed E-state index contributed by atoms with van der Waals surface area (Å²) in [5.74, 6) is 0.862. The number of thioether (sulfide) groups is 1. The second kappa shape index (κ2) is 9.87. The average Bonchev–Trinajstić information content (AvgIpc) is 3.31. The molecule has 0 fully saturated rings. The smallest absolute Gasteiger partial charge is 0.234 e. The maximum atomic E-state index is 12.8. The second-order valence-electron chi connectivity index (χ2n) is 8.67. The molecule has 180 valence electrons. The van der Waals surface area contributed by atoms with Crippen molar-refractivity contribution in [3.8, 4) is 22.6 Å². The van der Waals surface area contributed by atoms with E-state index in [-0.39, 0.29) is 11.7 Å². The first-order valence-electron chi connectivity index (χ1n) is 11.9. The first-order chi connectivity index (χ1) is 18.2. The molecule has 2 aromatic heterocycles. The van der Waals surface area contributed by atoms with E-state index in [0.717, 1.165) is 50.0 Å². The summed E-state index contributed by atoms with van der Waals surface area (Å²) in [7, 11) is 1.93. The standard InChI is InChI=1S/C30H23N5OS/c1-35-29(24-18-27(21-11-3-2-4-12-21)31-26-16-8-7-15-23(24)26)33-34-30(35)37-19-28(36)32-25-17-9-13-20-10-5-6-14-22(20)25/h2-18H,19H2,1H3,(H,32,36). The van der Waals surface area contributed by atoms with Crippen LogP contribution in [0.1, 0.15) is 0 Å². The van der Waals surface area contributed by atoms with E-state index >= 15 is 0 Å². The molecule has 6 rings (SSSR count). The number of aromatic nitrogens is 4. The Hall–Kier alpha value is -4.49. The molecule has 0 aliphatic carbocycles. The van der Waals surface area contributed by atoms with Crippen molar-refractivity contribution < 1.29 is 4.79 Å². The fourth-order valence-electron chi connectivity index (χ4n) is 4.44. The van der Waals surface area contributed by atoms with E-state index in [2.05, 4.69) is 21.6 Å². The van der Waals surface area contributed by atoms with Crippen molar-refractivity contribution in [1.82, 2.24) is 19.7 Å². The minimum absolute atomic E-state index is 0.0911. The van der Waals surface area contributed by atoms with Gasteiger partial charge in [-0.05, 0) is 23.6 Å². The van der Waals surface area contributed by atoms with Crippen LogP contribution in [0.4, 0.5) is 5.69 Å². The zero-order chi connectivity index (χ0) is 25.2. The van der Waals surface area contributed by atoms with Gasteiger partial charge in [-0.25, -0.2) is 4.98 Å². The minimum Gasteiger partial charge on any atom is -0.325 e. The van der Waals surface area contributed by atoms with E-state index in [0.29, 0.717) is 5.16 Å². The van der Waals surface area contributed by atoms with Crippen molar-refractivity contribution in [2.45, 2.75) is 5.16 Å². The molecule has 0 spiro atoms. The summed E-state index contributed by atoms with van der Waals surface area (Å²) in [6, 6.07) is 34.1. The summed E-state index contributed by atoms with van der Waals surface area (Å²) >= 11 is 1.36. The highest BCUT2D eigenvalue weighted by atomic mass is 32.2. The Bertz CT molecular complexity index is 1740. The summed E-state index contributed by atoms with van der Waals surface area (Å²) in [6.07, 6.45) is 0. The third-order valence-corrected chi connectivity index (χ3v) is 7.28. The lowest BCUT2D eigenvalue weighted by Crippen LogP contribution is -2.14. The van der Waals surface area contributed by atoms with Gasteiger partial charge in [0.15, 0.2) is 11.0 Å². The van der Waals surface area contributed by atoms with Gasteiger partial charge in [-0.2, -0.15) is 0 Å². The largest absolute Gasteiger partial charge is 0.325 e. The summed E-state index contributed by atoms with van der Waals surface area (Å²) in [6.45, 7) is 0. The number of nitrogens with one attached hydrogen (secondary N) is 1. The molecule has 0 bridgehead atoms. The number of amides is 1. The molecule has 0 radical (unpaired) electrons. The van der Waals surface area contributed by atoms with Crippen molar-refractivity contribution >= 4 is 45.0 Å².